The lowest BCUT2D eigenvalue weighted by Crippen LogP contribution is -2.35. The minimum atomic E-state index is 0.651. The lowest BCUT2D eigenvalue weighted by Gasteiger charge is -2.28. The van der Waals surface area contributed by atoms with Gasteiger partial charge in [-0.15, -0.1) is 0 Å². The van der Waals surface area contributed by atoms with Crippen molar-refractivity contribution in [3.05, 3.63) is 22.3 Å². The Morgan fingerprint density at radius 3 is 3.00 bits per heavy atom. The first-order valence-electron chi connectivity index (χ1n) is 6.81. The van der Waals surface area contributed by atoms with Gasteiger partial charge < -0.3 is 10.2 Å². The van der Waals surface area contributed by atoms with E-state index in [9.17, 15) is 0 Å². The largest absolute Gasteiger partial charge is 0.353 e. The van der Waals surface area contributed by atoms with Crippen molar-refractivity contribution in [2.75, 3.05) is 24.5 Å². The van der Waals surface area contributed by atoms with Gasteiger partial charge in [0.05, 0.1) is 5.69 Å². The maximum absolute atomic E-state index is 4.74. The zero-order valence-electron chi connectivity index (χ0n) is 11.0. The number of fused-ring (bicyclic) bond motifs is 1. The van der Waals surface area contributed by atoms with Crippen molar-refractivity contribution in [1.82, 2.24) is 10.3 Å². The summed E-state index contributed by atoms with van der Waals surface area (Å²) < 4.78 is 1.10. The molecule has 0 spiro atoms. The molecule has 2 aliphatic rings. The van der Waals surface area contributed by atoms with Crippen LogP contribution in [0, 0.1) is 18.8 Å². The monoisotopic (exact) mass is 309 g/mol. The predicted octanol–water partition coefficient (Wildman–Crippen LogP) is 2.59. The maximum atomic E-state index is 4.74. The predicted molar refractivity (Wildman–Crippen MR) is 77.9 cm³/mol. The molecule has 1 aromatic rings. The summed E-state index contributed by atoms with van der Waals surface area (Å²) in [6, 6.07) is 4.92. The van der Waals surface area contributed by atoms with Crippen molar-refractivity contribution in [1.29, 1.82) is 0 Å². The molecule has 18 heavy (non-hydrogen) atoms. The molecule has 3 nitrogen and oxygen atoms in total. The third-order valence-electron chi connectivity index (χ3n) is 4.44. The number of halogens is 1. The standard InChI is InChI=1S/C14H20BrN3/c1-3-13-11-7-16-6-10(11)8-18(13)14-5-4-12(15)9(2)17-14/h4-5,10-11,13,16H,3,6-8H2,1-2H3. The number of aromatic nitrogens is 1. The molecular weight excluding hydrogens is 290 g/mol. The summed E-state index contributed by atoms with van der Waals surface area (Å²) >= 11 is 3.53. The molecule has 3 heterocycles. The smallest absolute Gasteiger partial charge is 0.129 e. The Bertz CT molecular complexity index is 449. The molecule has 98 valence electrons. The first-order valence-corrected chi connectivity index (χ1v) is 7.60. The SMILES string of the molecule is CCC1C2CNCC2CN1c1ccc(Br)c(C)n1. The zero-order valence-corrected chi connectivity index (χ0v) is 12.6. The van der Waals surface area contributed by atoms with E-state index in [1.165, 1.54) is 19.5 Å². The second-order valence-electron chi connectivity index (χ2n) is 5.45. The molecule has 0 radical (unpaired) electrons. The minimum absolute atomic E-state index is 0.651. The van der Waals surface area contributed by atoms with Crippen molar-refractivity contribution >= 4 is 21.7 Å². The Morgan fingerprint density at radius 2 is 2.28 bits per heavy atom. The minimum Gasteiger partial charge on any atom is -0.353 e. The van der Waals surface area contributed by atoms with Crippen molar-refractivity contribution in [3.8, 4) is 0 Å². The summed E-state index contributed by atoms with van der Waals surface area (Å²) in [4.78, 5) is 7.26. The number of aryl methyl sites for hydroxylation is 1. The maximum Gasteiger partial charge on any atom is 0.129 e. The average Bonchev–Trinajstić information content (AvgIpc) is 2.92. The molecule has 3 unspecified atom stereocenters. The molecule has 0 aliphatic carbocycles. The van der Waals surface area contributed by atoms with Gasteiger partial charge in [-0.3, -0.25) is 0 Å². The van der Waals surface area contributed by atoms with Gasteiger partial charge in [0.15, 0.2) is 0 Å². The number of anilines is 1. The summed E-state index contributed by atoms with van der Waals surface area (Å²) in [6.45, 7) is 7.86. The van der Waals surface area contributed by atoms with Gasteiger partial charge in [-0.2, -0.15) is 0 Å². The van der Waals surface area contributed by atoms with Crippen molar-refractivity contribution in [2.45, 2.75) is 26.3 Å². The van der Waals surface area contributed by atoms with E-state index in [-0.39, 0.29) is 0 Å². The summed E-state index contributed by atoms with van der Waals surface area (Å²) in [5, 5.41) is 3.53. The van der Waals surface area contributed by atoms with Crippen molar-refractivity contribution in [3.63, 3.8) is 0 Å². The number of nitrogens with one attached hydrogen (secondary N) is 1. The van der Waals surface area contributed by atoms with Crippen molar-refractivity contribution in [2.24, 2.45) is 11.8 Å². The Labute approximate surface area is 117 Å². The van der Waals surface area contributed by atoms with Crippen LogP contribution in [0.25, 0.3) is 0 Å². The zero-order chi connectivity index (χ0) is 12.7. The van der Waals surface area contributed by atoms with Crippen LogP contribution in [0.2, 0.25) is 0 Å². The number of hydrogen-bond donors (Lipinski definition) is 1. The molecule has 0 amide bonds. The lowest BCUT2D eigenvalue weighted by molar-refractivity contribution is 0.441. The third-order valence-corrected chi connectivity index (χ3v) is 5.28. The van der Waals surface area contributed by atoms with Crippen LogP contribution in [0.4, 0.5) is 5.82 Å². The number of hydrogen-bond acceptors (Lipinski definition) is 3. The quantitative estimate of drug-likeness (QED) is 0.910. The normalized spacial score (nSPS) is 30.8. The van der Waals surface area contributed by atoms with Gasteiger partial charge in [-0.05, 0) is 53.2 Å². The molecule has 0 bridgehead atoms. The van der Waals surface area contributed by atoms with E-state index in [2.05, 4.69) is 52.1 Å². The molecule has 2 aliphatic heterocycles. The van der Waals surface area contributed by atoms with Gasteiger partial charge in [0.1, 0.15) is 5.82 Å². The first kappa shape index (κ1) is 12.4. The molecular formula is C14H20BrN3. The van der Waals surface area contributed by atoms with E-state index in [1.807, 2.05) is 0 Å². The van der Waals surface area contributed by atoms with E-state index in [1.54, 1.807) is 0 Å². The van der Waals surface area contributed by atoms with Crippen LogP contribution in [-0.2, 0) is 0 Å². The summed E-state index contributed by atoms with van der Waals surface area (Å²) in [5.74, 6) is 2.76. The topological polar surface area (TPSA) is 28.2 Å². The van der Waals surface area contributed by atoms with Crippen LogP contribution >= 0.6 is 15.9 Å². The van der Waals surface area contributed by atoms with Gasteiger partial charge in [0, 0.05) is 30.1 Å². The van der Waals surface area contributed by atoms with Gasteiger partial charge in [-0.25, -0.2) is 4.98 Å². The molecule has 1 N–H and O–H groups in total. The summed E-state index contributed by atoms with van der Waals surface area (Å²) in [6.07, 6.45) is 1.21. The molecule has 0 aromatic carbocycles. The highest BCUT2D eigenvalue weighted by molar-refractivity contribution is 9.10. The molecule has 1 aromatic heterocycles. The van der Waals surface area contributed by atoms with Crippen LogP contribution in [0.5, 0.6) is 0 Å². The number of pyridine rings is 1. The lowest BCUT2D eigenvalue weighted by atomic mass is 9.93. The average molecular weight is 310 g/mol. The second kappa shape index (κ2) is 4.82. The van der Waals surface area contributed by atoms with E-state index in [0.29, 0.717) is 6.04 Å². The van der Waals surface area contributed by atoms with E-state index >= 15 is 0 Å². The Hall–Kier alpha value is -0.610. The molecule has 0 saturated carbocycles. The van der Waals surface area contributed by atoms with Crippen LogP contribution in [-0.4, -0.2) is 30.7 Å². The van der Waals surface area contributed by atoms with Crippen LogP contribution in [0.3, 0.4) is 0 Å². The fourth-order valence-corrected chi connectivity index (χ4v) is 3.72. The van der Waals surface area contributed by atoms with Crippen LogP contribution in [0.1, 0.15) is 19.0 Å². The van der Waals surface area contributed by atoms with E-state index in [0.717, 1.165) is 34.4 Å². The molecule has 3 atom stereocenters. The molecule has 3 rings (SSSR count). The first-order chi connectivity index (χ1) is 8.70. The Kier molecular flexibility index (Phi) is 3.32. The molecule has 2 fully saturated rings. The number of rotatable bonds is 2. The van der Waals surface area contributed by atoms with Crippen molar-refractivity contribution < 1.29 is 0 Å². The molecule has 2 saturated heterocycles. The van der Waals surface area contributed by atoms with Crippen LogP contribution < -0.4 is 10.2 Å². The van der Waals surface area contributed by atoms with Crippen LogP contribution in [0.15, 0.2) is 16.6 Å². The highest BCUT2D eigenvalue weighted by Gasteiger charge is 2.43. The Balaban J connectivity index is 1.89. The van der Waals surface area contributed by atoms with Gasteiger partial charge in [0.2, 0.25) is 0 Å². The fraction of sp³-hybridized carbons (Fsp3) is 0.643. The third kappa shape index (κ3) is 1.95. The highest BCUT2D eigenvalue weighted by Crippen LogP contribution is 2.37. The van der Waals surface area contributed by atoms with E-state index < -0.39 is 0 Å². The Morgan fingerprint density at radius 1 is 1.44 bits per heavy atom. The second-order valence-corrected chi connectivity index (χ2v) is 6.30. The van der Waals surface area contributed by atoms with Gasteiger partial charge in [0.25, 0.3) is 0 Å². The summed E-state index contributed by atoms with van der Waals surface area (Å²) in [7, 11) is 0. The molecule has 4 heteroatoms. The number of nitrogens with zero attached hydrogens (tertiary/aromatic N) is 2. The van der Waals surface area contributed by atoms with E-state index in [4.69, 9.17) is 4.98 Å². The fourth-order valence-electron chi connectivity index (χ4n) is 3.50. The highest BCUT2D eigenvalue weighted by atomic mass is 79.9. The van der Waals surface area contributed by atoms with Gasteiger partial charge >= 0.3 is 0 Å². The summed E-state index contributed by atoms with van der Waals surface area (Å²) in [5.41, 5.74) is 1.08. The van der Waals surface area contributed by atoms with Gasteiger partial charge in [-0.1, -0.05) is 6.92 Å².